The fourth-order valence-corrected chi connectivity index (χ4v) is 0.931. The lowest BCUT2D eigenvalue weighted by atomic mass is 10.2. The number of ether oxygens (including phenoxy) is 1. The van der Waals surface area contributed by atoms with Gasteiger partial charge in [0.2, 0.25) is 0 Å². The molecule has 0 saturated carbocycles. The first-order valence-corrected chi connectivity index (χ1v) is 3.79. The maximum absolute atomic E-state index is 5.39. The van der Waals surface area contributed by atoms with Gasteiger partial charge in [0, 0.05) is 18.9 Å². The Bertz CT molecular complexity index is 184. The van der Waals surface area contributed by atoms with Crippen molar-refractivity contribution in [1.82, 2.24) is 4.98 Å². The van der Waals surface area contributed by atoms with Gasteiger partial charge >= 0.3 is 0 Å². The molecular formula is C8H14N2O. The average Bonchev–Trinajstić information content (AvgIpc) is 2.52. The number of aromatic nitrogens is 1. The maximum atomic E-state index is 5.39. The highest BCUT2D eigenvalue weighted by atomic mass is 16.5. The Morgan fingerprint density at radius 3 is 3.09 bits per heavy atom. The Balaban J connectivity index is 2.36. The number of nitrogens with one attached hydrogen (secondary N) is 1. The first-order chi connectivity index (χ1) is 5.34. The van der Waals surface area contributed by atoms with Crippen LogP contribution in [0.3, 0.4) is 0 Å². The van der Waals surface area contributed by atoms with E-state index >= 15 is 0 Å². The summed E-state index contributed by atoms with van der Waals surface area (Å²) in [7, 11) is 0. The molecule has 1 aromatic heterocycles. The lowest BCUT2D eigenvalue weighted by Crippen LogP contribution is -2.10. The molecule has 3 N–H and O–H groups in total. The van der Waals surface area contributed by atoms with Gasteiger partial charge in [-0.15, -0.1) is 0 Å². The topological polar surface area (TPSA) is 51.0 Å². The fourth-order valence-electron chi connectivity index (χ4n) is 0.931. The van der Waals surface area contributed by atoms with E-state index in [1.807, 2.05) is 25.4 Å². The van der Waals surface area contributed by atoms with Crippen LogP contribution in [-0.2, 0) is 4.74 Å². The Labute approximate surface area is 66.6 Å². The Hall–Kier alpha value is -0.800. The van der Waals surface area contributed by atoms with Gasteiger partial charge in [-0.05, 0) is 18.6 Å². The average molecular weight is 154 g/mol. The molecule has 0 amide bonds. The molecule has 0 radical (unpaired) electrons. The van der Waals surface area contributed by atoms with Crippen LogP contribution in [0.5, 0.6) is 0 Å². The van der Waals surface area contributed by atoms with Crippen LogP contribution in [0.4, 0.5) is 0 Å². The van der Waals surface area contributed by atoms with Crippen molar-refractivity contribution < 1.29 is 4.74 Å². The third-order valence-corrected chi connectivity index (χ3v) is 1.58. The minimum atomic E-state index is 0.143. The second-order valence-corrected chi connectivity index (χ2v) is 2.45. The van der Waals surface area contributed by atoms with Crippen LogP contribution in [0.2, 0.25) is 0 Å². The number of hydrogen-bond donors (Lipinski definition) is 2. The van der Waals surface area contributed by atoms with Crippen LogP contribution in [0.15, 0.2) is 18.5 Å². The van der Waals surface area contributed by atoms with Crippen LogP contribution >= 0.6 is 0 Å². The largest absolute Gasteiger partial charge is 0.372 e. The number of rotatable bonds is 4. The molecule has 1 atom stereocenters. The van der Waals surface area contributed by atoms with E-state index in [0.29, 0.717) is 13.2 Å². The van der Waals surface area contributed by atoms with Crippen molar-refractivity contribution in [1.29, 1.82) is 0 Å². The predicted molar refractivity (Wildman–Crippen MR) is 44.2 cm³/mol. The molecule has 0 aliphatic heterocycles. The molecular weight excluding hydrogens is 140 g/mol. The van der Waals surface area contributed by atoms with Crippen LogP contribution in [0.25, 0.3) is 0 Å². The molecule has 62 valence electrons. The Kier molecular flexibility index (Phi) is 3.14. The second-order valence-electron chi connectivity index (χ2n) is 2.45. The summed E-state index contributed by atoms with van der Waals surface area (Å²) in [6, 6.07) is 2.00. The molecule has 1 heterocycles. The lowest BCUT2D eigenvalue weighted by molar-refractivity contribution is 0.0719. The summed E-state index contributed by atoms with van der Waals surface area (Å²) >= 11 is 0. The van der Waals surface area contributed by atoms with E-state index in [9.17, 15) is 0 Å². The van der Waals surface area contributed by atoms with Gasteiger partial charge in [-0.1, -0.05) is 0 Å². The molecule has 0 aliphatic rings. The number of nitrogens with two attached hydrogens (primary N) is 1. The molecule has 1 aromatic rings. The predicted octanol–water partition coefficient (Wildman–Crippen LogP) is 1.05. The van der Waals surface area contributed by atoms with Gasteiger partial charge < -0.3 is 15.5 Å². The van der Waals surface area contributed by atoms with Crippen molar-refractivity contribution in [2.24, 2.45) is 5.73 Å². The Morgan fingerprint density at radius 1 is 1.73 bits per heavy atom. The van der Waals surface area contributed by atoms with Crippen molar-refractivity contribution in [2.45, 2.75) is 13.0 Å². The smallest absolute Gasteiger partial charge is 0.0811 e. The standard InChI is InChI=1S/C8H14N2O/c1-7(11-5-3-9)8-2-4-10-6-8/h2,4,6-7,10H,3,5,9H2,1H3. The van der Waals surface area contributed by atoms with E-state index in [-0.39, 0.29) is 6.10 Å². The van der Waals surface area contributed by atoms with E-state index in [0.717, 1.165) is 0 Å². The summed E-state index contributed by atoms with van der Waals surface area (Å²) in [6.45, 7) is 3.21. The summed E-state index contributed by atoms with van der Waals surface area (Å²) in [5, 5.41) is 0. The van der Waals surface area contributed by atoms with E-state index in [4.69, 9.17) is 10.5 Å². The van der Waals surface area contributed by atoms with Gasteiger partial charge in [-0.2, -0.15) is 0 Å². The van der Waals surface area contributed by atoms with Gasteiger partial charge in [0.25, 0.3) is 0 Å². The summed E-state index contributed by atoms with van der Waals surface area (Å²) in [5.41, 5.74) is 6.46. The van der Waals surface area contributed by atoms with Crippen molar-refractivity contribution in [3.63, 3.8) is 0 Å². The van der Waals surface area contributed by atoms with Gasteiger partial charge in [-0.3, -0.25) is 0 Å². The third kappa shape index (κ3) is 2.37. The molecule has 0 spiro atoms. The van der Waals surface area contributed by atoms with E-state index in [1.165, 1.54) is 5.56 Å². The van der Waals surface area contributed by atoms with Crippen LogP contribution in [0.1, 0.15) is 18.6 Å². The number of H-pyrrole nitrogens is 1. The maximum Gasteiger partial charge on any atom is 0.0811 e. The fraction of sp³-hybridized carbons (Fsp3) is 0.500. The van der Waals surface area contributed by atoms with Crippen molar-refractivity contribution in [2.75, 3.05) is 13.2 Å². The normalized spacial score (nSPS) is 13.3. The van der Waals surface area contributed by atoms with Crippen molar-refractivity contribution >= 4 is 0 Å². The second kappa shape index (κ2) is 4.16. The SMILES string of the molecule is CC(OCCN)c1cc[nH]c1. The highest BCUT2D eigenvalue weighted by molar-refractivity contribution is 5.10. The molecule has 0 saturated heterocycles. The zero-order valence-electron chi connectivity index (χ0n) is 6.71. The highest BCUT2D eigenvalue weighted by Crippen LogP contribution is 2.14. The molecule has 0 aliphatic carbocycles. The quantitative estimate of drug-likeness (QED) is 0.681. The Morgan fingerprint density at radius 2 is 2.55 bits per heavy atom. The first-order valence-electron chi connectivity index (χ1n) is 3.79. The number of aromatic amines is 1. The van der Waals surface area contributed by atoms with Crippen molar-refractivity contribution in [3.05, 3.63) is 24.0 Å². The lowest BCUT2D eigenvalue weighted by Gasteiger charge is -2.09. The van der Waals surface area contributed by atoms with E-state index < -0.39 is 0 Å². The molecule has 1 unspecified atom stereocenters. The monoisotopic (exact) mass is 154 g/mol. The molecule has 3 heteroatoms. The molecule has 0 aromatic carbocycles. The third-order valence-electron chi connectivity index (χ3n) is 1.58. The summed E-state index contributed by atoms with van der Waals surface area (Å²) in [5.74, 6) is 0. The summed E-state index contributed by atoms with van der Waals surface area (Å²) < 4.78 is 5.39. The van der Waals surface area contributed by atoms with Crippen LogP contribution in [0, 0.1) is 0 Å². The van der Waals surface area contributed by atoms with Crippen LogP contribution < -0.4 is 5.73 Å². The van der Waals surface area contributed by atoms with E-state index in [2.05, 4.69) is 4.98 Å². The molecule has 0 bridgehead atoms. The first kappa shape index (κ1) is 8.30. The highest BCUT2D eigenvalue weighted by Gasteiger charge is 2.03. The zero-order chi connectivity index (χ0) is 8.10. The van der Waals surface area contributed by atoms with Gasteiger partial charge in [0.15, 0.2) is 0 Å². The summed E-state index contributed by atoms with van der Waals surface area (Å²) in [6.07, 6.45) is 3.96. The van der Waals surface area contributed by atoms with Gasteiger partial charge in [-0.25, -0.2) is 0 Å². The van der Waals surface area contributed by atoms with Crippen molar-refractivity contribution in [3.8, 4) is 0 Å². The zero-order valence-corrected chi connectivity index (χ0v) is 6.71. The molecule has 11 heavy (non-hydrogen) atoms. The van der Waals surface area contributed by atoms with Gasteiger partial charge in [0.05, 0.1) is 12.7 Å². The van der Waals surface area contributed by atoms with Crippen LogP contribution in [-0.4, -0.2) is 18.1 Å². The number of hydrogen-bond acceptors (Lipinski definition) is 2. The van der Waals surface area contributed by atoms with E-state index in [1.54, 1.807) is 0 Å². The minimum absolute atomic E-state index is 0.143. The molecule has 1 rings (SSSR count). The molecule has 3 nitrogen and oxygen atoms in total. The summed E-state index contributed by atoms with van der Waals surface area (Å²) in [4.78, 5) is 2.98. The minimum Gasteiger partial charge on any atom is -0.372 e. The molecule has 0 fully saturated rings. The van der Waals surface area contributed by atoms with Gasteiger partial charge in [0.1, 0.15) is 0 Å².